The van der Waals surface area contributed by atoms with Crippen LogP contribution in [0.1, 0.15) is 12.2 Å². The van der Waals surface area contributed by atoms with Crippen LogP contribution in [-0.4, -0.2) is 65.9 Å². The summed E-state index contributed by atoms with van der Waals surface area (Å²) in [5, 5.41) is 13.4. The van der Waals surface area contributed by atoms with Crippen molar-refractivity contribution in [2.75, 3.05) is 13.1 Å². The second-order valence-corrected chi connectivity index (χ2v) is 5.68. The topological polar surface area (TPSA) is 93.8 Å². The van der Waals surface area contributed by atoms with Crippen LogP contribution < -0.4 is 5.32 Å². The largest absolute Gasteiger partial charge is 0.353 e. The molecule has 0 radical (unpaired) electrons. The molecule has 0 saturated carbocycles. The Hall–Kier alpha value is -2.36. The van der Waals surface area contributed by atoms with Crippen molar-refractivity contribution in [2.45, 2.75) is 31.7 Å². The fourth-order valence-electron chi connectivity index (χ4n) is 2.75. The molecule has 2 aromatic rings. The molecule has 1 N–H and O–H groups in total. The third-order valence-electron chi connectivity index (χ3n) is 3.97. The number of tetrazole rings is 1. The number of amides is 1. The quantitative estimate of drug-likeness (QED) is 0.743. The number of aryl methyl sites for hydroxylation is 1. The number of alkyl halides is 1. The average Bonchev–Trinajstić information content (AvgIpc) is 3.22. The highest BCUT2D eigenvalue weighted by Gasteiger charge is 2.32. The molecule has 124 valence electrons. The maximum atomic E-state index is 13.8. The monoisotopic (exact) mass is 322 g/mol. The summed E-state index contributed by atoms with van der Waals surface area (Å²) >= 11 is 0. The van der Waals surface area contributed by atoms with E-state index in [1.807, 2.05) is 22.7 Å². The molecule has 0 bridgehead atoms. The Kier molecular flexibility index (Phi) is 4.60. The molecule has 1 saturated heterocycles. The van der Waals surface area contributed by atoms with Gasteiger partial charge >= 0.3 is 0 Å². The lowest BCUT2D eigenvalue weighted by atomic mass is 10.2. The van der Waals surface area contributed by atoms with E-state index in [1.165, 1.54) is 11.0 Å². The van der Waals surface area contributed by atoms with Crippen LogP contribution in [-0.2, 0) is 24.9 Å². The van der Waals surface area contributed by atoms with Crippen LogP contribution >= 0.6 is 0 Å². The molecular formula is C13H19FN8O. The van der Waals surface area contributed by atoms with Gasteiger partial charge < -0.3 is 9.88 Å². The van der Waals surface area contributed by atoms with Crippen molar-refractivity contribution < 1.29 is 9.18 Å². The first-order valence-corrected chi connectivity index (χ1v) is 7.43. The van der Waals surface area contributed by atoms with Gasteiger partial charge in [0, 0.05) is 38.6 Å². The maximum Gasteiger partial charge on any atom is 0.241 e. The first kappa shape index (κ1) is 15.5. The number of hydrogen-bond donors (Lipinski definition) is 1. The van der Waals surface area contributed by atoms with Crippen LogP contribution in [0.5, 0.6) is 0 Å². The molecule has 1 aliphatic rings. The number of carbonyl (C=O) groups excluding carboxylic acids is 1. The predicted molar refractivity (Wildman–Crippen MR) is 77.7 cm³/mol. The Morgan fingerprint density at radius 2 is 2.39 bits per heavy atom. The summed E-state index contributed by atoms with van der Waals surface area (Å²) in [6.07, 6.45) is 4.50. The van der Waals surface area contributed by atoms with Gasteiger partial charge in [0.25, 0.3) is 0 Å². The number of rotatable bonds is 6. The Morgan fingerprint density at radius 3 is 3.09 bits per heavy atom. The Balaban J connectivity index is 1.53. The second-order valence-electron chi connectivity index (χ2n) is 5.68. The first-order chi connectivity index (χ1) is 11.1. The third-order valence-corrected chi connectivity index (χ3v) is 3.97. The maximum absolute atomic E-state index is 13.8. The highest BCUT2D eigenvalue weighted by Crippen LogP contribution is 2.21. The van der Waals surface area contributed by atoms with Gasteiger partial charge in [-0.1, -0.05) is 0 Å². The van der Waals surface area contributed by atoms with Crippen LogP contribution in [0.25, 0.3) is 0 Å². The zero-order chi connectivity index (χ0) is 16.2. The van der Waals surface area contributed by atoms with Crippen LogP contribution in [0.4, 0.5) is 4.39 Å². The Bertz CT molecular complexity index is 642. The minimum atomic E-state index is -0.878. The van der Waals surface area contributed by atoms with Crippen LogP contribution in [0, 0.1) is 0 Å². The summed E-state index contributed by atoms with van der Waals surface area (Å²) < 4.78 is 17.0. The van der Waals surface area contributed by atoms with Gasteiger partial charge in [-0.2, -0.15) is 0 Å². The standard InChI is InChI=1S/C13H19FN8O/c1-20-3-2-15-12(20)7-21-6-10(14)4-11(21)5-16-13(23)8-22-9-17-18-19-22/h2-3,9-11H,4-8H2,1H3,(H,16,23)/t10-,11-/m0/s1. The van der Waals surface area contributed by atoms with Gasteiger partial charge in [-0.25, -0.2) is 14.1 Å². The first-order valence-electron chi connectivity index (χ1n) is 7.43. The number of aromatic nitrogens is 6. The zero-order valence-corrected chi connectivity index (χ0v) is 12.8. The van der Waals surface area contributed by atoms with E-state index in [-0.39, 0.29) is 18.5 Å². The molecule has 1 amide bonds. The minimum absolute atomic E-state index is 0.0421. The molecule has 0 spiro atoms. The number of carbonyl (C=O) groups is 1. The summed E-state index contributed by atoms with van der Waals surface area (Å²) in [4.78, 5) is 18.2. The lowest BCUT2D eigenvalue weighted by molar-refractivity contribution is -0.122. The lowest BCUT2D eigenvalue weighted by Gasteiger charge is -2.23. The van der Waals surface area contributed by atoms with Gasteiger partial charge in [0.15, 0.2) is 0 Å². The van der Waals surface area contributed by atoms with E-state index in [0.717, 1.165) is 5.82 Å². The van der Waals surface area contributed by atoms with E-state index in [1.54, 1.807) is 6.20 Å². The molecule has 23 heavy (non-hydrogen) atoms. The lowest BCUT2D eigenvalue weighted by Crippen LogP contribution is -2.41. The van der Waals surface area contributed by atoms with Crippen molar-refractivity contribution in [3.05, 3.63) is 24.5 Å². The van der Waals surface area contributed by atoms with E-state index < -0.39 is 6.17 Å². The SMILES string of the molecule is Cn1ccnc1CN1C[C@@H](F)C[C@H]1CNC(=O)Cn1cnnn1. The van der Waals surface area contributed by atoms with Gasteiger partial charge in [0.1, 0.15) is 24.9 Å². The van der Waals surface area contributed by atoms with E-state index in [0.29, 0.717) is 26.1 Å². The van der Waals surface area contributed by atoms with Gasteiger partial charge in [-0.3, -0.25) is 9.69 Å². The molecule has 1 aliphatic heterocycles. The Labute approximate surface area is 132 Å². The van der Waals surface area contributed by atoms with E-state index >= 15 is 0 Å². The van der Waals surface area contributed by atoms with Gasteiger partial charge in [0.2, 0.25) is 5.91 Å². The fourth-order valence-corrected chi connectivity index (χ4v) is 2.75. The van der Waals surface area contributed by atoms with Crippen LogP contribution in [0.2, 0.25) is 0 Å². The highest BCUT2D eigenvalue weighted by molar-refractivity contribution is 5.75. The van der Waals surface area contributed by atoms with E-state index in [4.69, 9.17) is 0 Å². The Morgan fingerprint density at radius 1 is 1.52 bits per heavy atom. The molecule has 9 nitrogen and oxygen atoms in total. The van der Waals surface area contributed by atoms with E-state index in [2.05, 4.69) is 25.8 Å². The molecule has 10 heteroatoms. The molecule has 0 aliphatic carbocycles. The van der Waals surface area contributed by atoms with E-state index in [9.17, 15) is 9.18 Å². The summed E-state index contributed by atoms with van der Waals surface area (Å²) in [6.45, 7) is 1.38. The normalized spacial score (nSPS) is 21.7. The zero-order valence-electron chi connectivity index (χ0n) is 12.8. The van der Waals surface area contributed by atoms with Gasteiger partial charge in [0.05, 0.1) is 6.54 Å². The molecule has 3 rings (SSSR count). The third kappa shape index (κ3) is 3.89. The molecule has 1 fully saturated rings. The number of nitrogens with one attached hydrogen (secondary N) is 1. The molecule has 3 heterocycles. The summed E-state index contributed by atoms with van der Waals surface area (Å²) in [5.74, 6) is 0.681. The van der Waals surface area contributed by atoms with Crippen molar-refractivity contribution in [1.29, 1.82) is 0 Å². The molecule has 2 aromatic heterocycles. The fraction of sp³-hybridized carbons (Fsp3) is 0.615. The summed E-state index contributed by atoms with van der Waals surface area (Å²) in [5.41, 5.74) is 0. The van der Waals surface area contributed by atoms with Crippen molar-refractivity contribution in [3.8, 4) is 0 Å². The second kappa shape index (κ2) is 6.82. The molecule has 0 unspecified atom stereocenters. The average molecular weight is 322 g/mol. The molecule has 2 atom stereocenters. The van der Waals surface area contributed by atoms with Crippen LogP contribution in [0.3, 0.4) is 0 Å². The summed E-state index contributed by atoms with van der Waals surface area (Å²) in [6, 6.07) is -0.0421. The molecule has 0 aromatic carbocycles. The number of halogens is 1. The van der Waals surface area contributed by atoms with Crippen molar-refractivity contribution in [1.82, 2.24) is 40.0 Å². The summed E-state index contributed by atoms with van der Waals surface area (Å²) in [7, 11) is 1.91. The van der Waals surface area contributed by atoms with Crippen molar-refractivity contribution >= 4 is 5.91 Å². The van der Waals surface area contributed by atoms with Crippen molar-refractivity contribution in [2.24, 2.45) is 7.05 Å². The number of likely N-dealkylation sites (tertiary alicyclic amines) is 1. The number of hydrogen-bond acceptors (Lipinski definition) is 6. The smallest absolute Gasteiger partial charge is 0.241 e. The van der Waals surface area contributed by atoms with Crippen molar-refractivity contribution in [3.63, 3.8) is 0 Å². The van der Waals surface area contributed by atoms with Gasteiger partial charge in [-0.05, 0) is 16.8 Å². The minimum Gasteiger partial charge on any atom is -0.353 e. The number of nitrogens with zero attached hydrogens (tertiary/aromatic N) is 7. The predicted octanol–water partition coefficient (Wildman–Crippen LogP) is -0.865. The number of imidazole rings is 1. The molecular weight excluding hydrogens is 303 g/mol. The van der Waals surface area contributed by atoms with Crippen LogP contribution in [0.15, 0.2) is 18.7 Å². The van der Waals surface area contributed by atoms with Gasteiger partial charge in [-0.15, -0.1) is 5.10 Å². The highest BCUT2D eigenvalue weighted by atomic mass is 19.1.